The summed E-state index contributed by atoms with van der Waals surface area (Å²) in [5.41, 5.74) is 0.0735. The van der Waals surface area contributed by atoms with E-state index in [-0.39, 0.29) is 30.4 Å². The molecule has 162 valence electrons. The lowest BCUT2D eigenvalue weighted by Gasteiger charge is -2.16. The molecule has 1 N–H and O–H groups in total. The van der Waals surface area contributed by atoms with Gasteiger partial charge >= 0.3 is 6.18 Å². The Labute approximate surface area is 176 Å². The van der Waals surface area contributed by atoms with E-state index in [4.69, 9.17) is 0 Å². The molecule has 0 spiro atoms. The number of anilines is 1. The maximum atomic E-state index is 13.3. The highest BCUT2D eigenvalue weighted by atomic mass is 19.4. The van der Waals surface area contributed by atoms with E-state index in [1.807, 2.05) is 18.4 Å². The molecule has 1 aliphatic rings. The van der Waals surface area contributed by atoms with Crippen molar-refractivity contribution in [3.63, 3.8) is 0 Å². The zero-order valence-corrected chi connectivity index (χ0v) is 17.1. The number of aromatic nitrogens is 5. The van der Waals surface area contributed by atoms with Crippen molar-refractivity contribution in [2.24, 2.45) is 0 Å². The predicted octanol–water partition coefficient (Wildman–Crippen LogP) is 3.21. The third-order valence-electron chi connectivity index (χ3n) is 5.01. The maximum Gasteiger partial charge on any atom is 0.433 e. The van der Waals surface area contributed by atoms with E-state index in [0.29, 0.717) is 22.9 Å². The molecule has 0 unspecified atom stereocenters. The minimum atomic E-state index is -4.65. The number of alkyl halides is 3. The Hall–Kier alpha value is -3.34. The molecule has 0 saturated heterocycles. The molecule has 0 bridgehead atoms. The lowest BCUT2D eigenvalue weighted by Crippen LogP contribution is -2.24. The molecule has 3 aromatic heterocycles. The Morgan fingerprint density at radius 2 is 2.00 bits per heavy atom. The van der Waals surface area contributed by atoms with Gasteiger partial charge in [-0.2, -0.15) is 13.2 Å². The lowest BCUT2D eigenvalue weighted by atomic mass is 10.1. The Balaban J connectivity index is 1.74. The van der Waals surface area contributed by atoms with E-state index >= 15 is 0 Å². The van der Waals surface area contributed by atoms with Crippen LogP contribution in [0.4, 0.5) is 19.0 Å². The number of nitrogens with zero attached hydrogens (tertiary/aromatic N) is 6. The average molecular weight is 431 g/mol. The van der Waals surface area contributed by atoms with Gasteiger partial charge in [-0.05, 0) is 39.1 Å². The topological polar surface area (TPSA) is 88.8 Å². The number of amides is 1. The molecule has 3 aromatic rings. The van der Waals surface area contributed by atoms with Crippen molar-refractivity contribution < 1.29 is 18.0 Å². The molecule has 0 fully saturated rings. The molecule has 0 aromatic carbocycles. The summed E-state index contributed by atoms with van der Waals surface area (Å²) in [5, 5.41) is 10.9. The van der Waals surface area contributed by atoms with Crippen LogP contribution in [0, 0.1) is 0 Å². The summed E-state index contributed by atoms with van der Waals surface area (Å²) in [7, 11) is 1.61. The first-order valence-corrected chi connectivity index (χ1v) is 9.64. The fraction of sp³-hybridized carbons (Fsp3) is 0.350. The molecule has 0 saturated carbocycles. The third kappa shape index (κ3) is 3.76. The summed E-state index contributed by atoms with van der Waals surface area (Å²) in [5.74, 6) is 0.314. The van der Waals surface area contributed by atoms with Gasteiger partial charge in [-0.3, -0.25) is 9.69 Å². The molecule has 0 atom stereocenters. The van der Waals surface area contributed by atoms with E-state index in [0.717, 1.165) is 6.07 Å². The summed E-state index contributed by atoms with van der Waals surface area (Å²) < 4.78 is 41.7. The Kier molecular flexibility index (Phi) is 5.21. The van der Waals surface area contributed by atoms with Gasteiger partial charge in [0, 0.05) is 23.7 Å². The van der Waals surface area contributed by atoms with Crippen molar-refractivity contribution >= 4 is 11.7 Å². The average Bonchev–Trinajstić information content (AvgIpc) is 3.33. The summed E-state index contributed by atoms with van der Waals surface area (Å²) in [4.78, 5) is 22.7. The van der Waals surface area contributed by atoms with Crippen LogP contribution in [-0.2, 0) is 19.3 Å². The number of carbonyl (C=O) groups excluding carboxylic acids is 1. The van der Waals surface area contributed by atoms with Gasteiger partial charge in [-0.15, -0.1) is 10.2 Å². The number of nitrogens with one attached hydrogen (secondary N) is 1. The first kappa shape index (κ1) is 20.9. The van der Waals surface area contributed by atoms with Crippen molar-refractivity contribution in [3.05, 3.63) is 53.1 Å². The minimum absolute atomic E-state index is 0.00914. The van der Waals surface area contributed by atoms with Gasteiger partial charge in [0.15, 0.2) is 5.82 Å². The monoisotopic (exact) mass is 431 g/mol. The van der Waals surface area contributed by atoms with Gasteiger partial charge in [0.25, 0.3) is 5.91 Å². The molecule has 0 aliphatic carbocycles. The molecule has 8 nitrogen and oxygen atoms in total. The van der Waals surface area contributed by atoms with E-state index in [9.17, 15) is 18.0 Å². The van der Waals surface area contributed by atoms with Gasteiger partial charge < -0.3 is 9.88 Å². The summed E-state index contributed by atoms with van der Waals surface area (Å²) >= 11 is 0. The van der Waals surface area contributed by atoms with E-state index in [2.05, 4.69) is 25.5 Å². The van der Waals surface area contributed by atoms with Gasteiger partial charge in [-0.1, -0.05) is 6.07 Å². The maximum absolute atomic E-state index is 13.3. The van der Waals surface area contributed by atoms with Crippen LogP contribution in [0.15, 0.2) is 30.6 Å². The molecule has 0 radical (unpaired) electrons. The first-order valence-electron chi connectivity index (χ1n) is 9.64. The summed E-state index contributed by atoms with van der Waals surface area (Å²) in [6, 6.07) is 6.02. The van der Waals surface area contributed by atoms with Crippen LogP contribution in [0.2, 0.25) is 0 Å². The highest BCUT2D eigenvalue weighted by Gasteiger charge is 2.39. The normalized spacial score (nSPS) is 13.9. The fourth-order valence-corrected chi connectivity index (χ4v) is 3.51. The van der Waals surface area contributed by atoms with Crippen LogP contribution in [0.1, 0.15) is 47.2 Å². The van der Waals surface area contributed by atoms with E-state index < -0.39 is 17.8 Å². The lowest BCUT2D eigenvalue weighted by molar-refractivity contribution is -0.141. The van der Waals surface area contributed by atoms with Crippen LogP contribution in [-0.4, -0.2) is 37.7 Å². The number of pyridine rings is 2. The van der Waals surface area contributed by atoms with Crippen molar-refractivity contribution in [1.82, 2.24) is 30.0 Å². The van der Waals surface area contributed by atoms with Gasteiger partial charge in [0.1, 0.15) is 23.5 Å². The molecule has 11 heteroatoms. The number of hydrogen-bond acceptors (Lipinski definition) is 6. The van der Waals surface area contributed by atoms with Gasteiger partial charge in [0.05, 0.1) is 12.2 Å². The van der Waals surface area contributed by atoms with E-state index in [1.165, 1.54) is 4.90 Å². The van der Waals surface area contributed by atoms with Crippen LogP contribution < -0.4 is 10.2 Å². The predicted molar refractivity (Wildman–Crippen MR) is 106 cm³/mol. The molecule has 1 aliphatic heterocycles. The van der Waals surface area contributed by atoms with Gasteiger partial charge in [0.2, 0.25) is 0 Å². The molecular weight excluding hydrogens is 411 g/mol. The fourth-order valence-electron chi connectivity index (χ4n) is 3.51. The van der Waals surface area contributed by atoms with Crippen LogP contribution in [0.3, 0.4) is 0 Å². The SMILES string of the molecule is CNCc1nc(C(F)(F)F)cc2c1CN(c1cccc(-c3nncn3C(C)C)n1)C2=O. The highest BCUT2D eigenvalue weighted by Crippen LogP contribution is 2.35. The highest BCUT2D eigenvalue weighted by molar-refractivity contribution is 6.09. The number of carbonyl (C=O) groups is 1. The summed E-state index contributed by atoms with van der Waals surface area (Å²) in [6.45, 7) is 4.15. The Morgan fingerprint density at radius 1 is 1.23 bits per heavy atom. The number of hydrogen-bond donors (Lipinski definition) is 1. The van der Waals surface area contributed by atoms with E-state index in [1.54, 1.807) is 31.6 Å². The third-order valence-corrected chi connectivity index (χ3v) is 5.01. The first-order chi connectivity index (χ1) is 14.7. The zero-order chi connectivity index (χ0) is 22.3. The van der Waals surface area contributed by atoms with Crippen molar-refractivity contribution in [2.75, 3.05) is 11.9 Å². The van der Waals surface area contributed by atoms with Crippen LogP contribution in [0.25, 0.3) is 11.5 Å². The van der Waals surface area contributed by atoms with Gasteiger partial charge in [-0.25, -0.2) is 9.97 Å². The molecule has 31 heavy (non-hydrogen) atoms. The smallest absolute Gasteiger partial charge is 0.314 e. The molecular formula is C20H20F3N7O. The molecule has 4 rings (SSSR count). The Bertz CT molecular complexity index is 1140. The summed E-state index contributed by atoms with van der Waals surface area (Å²) in [6.07, 6.45) is -3.05. The van der Waals surface area contributed by atoms with Crippen LogP contribution >= 0.6 is 0 Å². The second kappa shape index (κ2) is 7.73. The van der Waals surface area contributed by atoms with Crippen molar-refractivity contribution in [1.29, 1.82) is 0 Å². The number of halogens is 3. The molecule has 1 amide bonds. The Morgan fingerprint density at radius 3 is 2.68 bits per heavy atom. The number of rotatable bonds is 5. The standard InChI is InChI=1S/C20H20F3N7O/c1-11(2)30-10-25-28-18(30)14-5-4-6-17(27-14)29-9-13-12(19(29)31)7-16(20(21,22)23)26-15(13)8-24-3/h4-7,10-11,24H,8-9H2,1-3H3. The zero-order valence-electron chi connectivity index (χ0n) is 17.1. The minimum Gasteiger partial charge on any atom is -0.314 e. The van der Waals surface area contributed by atoms with Crippen molar-refractivity contribution in [3.8, 4) is 11.5 Å². The largest absolute Gasteiger partial charge is 0.433 e. The number of fused-ring (bicyclic) bond motifs is 1. The van der Waals surface area contributed by atoms with Crippen molar-refractivity contribution in [2.45, 2.75) is 39.2 Å². The second-order valence-corrected chi connectivity index (χ2v) is 7.44. The molecule has 4 heterocycles. The van der Waals surface area contributed by atoms with Crippen LogP contribution in [0.5, 0.6) is 0 Å². The quantitative estimate of drug-likeness (QED) is 0.667. The second-order valence-electron chi connectivity index (χ2n) is 7.44.